The van der Waals surface area contributed by atoms with Crippen LogP contribution in [-0.2, 0) is 0 Å². The Hall–Kier alpha value is -2.83. The summed E-state index contributed by atoms with van der Waals surface area (Å²) in [5, 5.41) is 0.735. The molecule has 2 heterocycles. The molecule has 8 heteroatoms. The predicted octanol–water partition coefficient (Wildman–Crippen LogP) is 2.05. The van der Waals surface area contributed by atoms with E-state index in [9.17, 15) is 9.59 Å². The highest BCUT2D eigenvalue weighted by Crippen LogP contribution is 2.25. The van der Waals surface area contributed by atoms with Crippen molar-refractivity contribution in [2.45, 2.75) is 6.92 Å². The molecule has 0 aliphatic heterocycles. The molecule has 3 rings (SSSR count). The summed E-state index contributed by atoms with van der Waals surface area (Å²) in [5.41, 5.74) is 0.566. The minimum absolute atomic E-state index is 0.0424. The van der Waals surface area contributed by atoms with Gasteiger partial charge >= 0.3 is 0 Å². The van der Waals surface area contributed by atoms with Crippen molar-refractivity contribution in [2.24, 2.45) is 0 Å². The van der Waals surface area contributed by atoms with Crippen LogP contribution < -0.4 is 21.8 Å². The fourth-order valence-corrected chi connectivity index (χ4v) is 2.66. The molecule has 3 aromatic rings. The number of rotatable bonds is 3. The standard InChI is InChI=1S/C18H13Cl2N3O3/c1-9(2)16-12(21-8-26-16)7-14-18(25)22-13(17(24)23-14)6-10-4-3-5-11(19)15(10)20/h3-8H,1H2,2H3,(H,22,25)(H,23,24)/b13-6-,14-7-. The van der Waals surface area contributed by atoms with Crippen molar-refractivity contribution in [3.8, 4) is 0 Å². The molecule has 0 amide bonds. The first-order chi connectivity index (χ1) is 12.4. The Kier molecular flexibility index (Phi) is 4.97. The van der Waals surface area contributed by atoms with Gasteiger partial charge in [-0.25, -0.2) is 4.98 Å². The van der Waals surface area contributed by atoms with Crippen LogP contribution in [0.4, 0.5) is 0 Å². The largest absolute Gasteiger partial charge is 0.443 e. The molecule has 0 unspecified atom stereocenters. The number of hydrogen-bond donors (Lipinski definition) is 2. The minimum Gasteiger partial charge on any atom is -0.443 e. The molecule has 132 valence electrons. The summed E-state index contributed by atoms with van der Waals surface area (Å²) < 4.78 is 5.22. The average Bonchev–Trinajstić information content (AvgIpc) is 3.05. The molecule has 0 spiro atoms. The fraction of sp³-hybridized carbons (Fsp3) is 0.0556. The van der Waals surface area contributed by atoms with Gasteiger partial charge in [0.25, 0.3) is 11.1 Å². The number of H-pyrrole nitrogens is 2. The predicted molar refractivity (Wildman–Crippen MR) is 102 cm³/mol. The maximum Gasteiger partial charge on any atom is 0.272 e. The number of nitrogens with zero attached hydrogens (tertiary/aromatic N) is 1. The molecule has 0 atom stereocenters. The summed E-state index contributed by atoms with van der Waals surface area (Å²) in [6.45, 7) is 5.52. The third-order valence-corrected chi connectivity index (χ3v) is 4.36. The topological polar surface area (TPSA) is 91.8 Å². The second-order valence-corrected chi connectivity index (χ2v) is 6.30. The zero-order valence-electron chi connectivity index (χ0n) is 13.6. The van der Waals surface area contributed by atoms with Gasteiger partial charge in [0.1, 0.15) is 16.4 Å². The van der Waals surface area contributed by atoms with E-state index in [2.05, 4.69) is 21.5 Å². The maximum absolute atomic E-state index is 12.3. The number of aromatic amines is 2. The van der Waals surface area contributed by atoms with E-state index in [1.54, 1.807) is 25.1 Å². The van der Waals surface area contributed by atoms with E-state index < -0.39 is 11.1 Å². The van der Waals surface area contributed by atoms with Gasteiger partial charge in [-0.1, -0.05) is 41.9 Å². The maximum atomic E-state index is 12.3. The normalized spacial score (nSPS) is 12.6. The number of allylic oxidation sites excluding steroid dienone is 1. The van der Waals surface area contributed by atoms with E-state index in [-0.39, 0.29) is 10.7 Å². The van der Waals surface area contributed by atoms with Crippen molar-refractivity contribution in [3.63, 3.8) is 0 Å². The average molecular weight is 390 g/mol. The number of hydrogen-bond acceptors (Lipinski definition) is 4. The van der Waals surface area contributed by atoms with Crippen molar-refractivity contribution in [3.05, 3.63) is 89.6 Å². The van der Waals surface area contributed by atoms with Gasteiger partial charge in [-0.2, -0.15) is 0 Å². The van der Waals surface area contributed by atoms with Crippen LogP contribution in [0.25, 0.3) is 17.7 Å². The SMILES string of the molecule is C=C(C)c1ocnc1/C=c1\[nH]c(=O)/c(=C/c2cccc(Cl)c2Cl)[nH]c1=O. The third kappa shape index (κ3) is 3.56. The summed E-state index contributed by atoms with van der Waals surface area (Å²) in [4.78, 5) is 33.7. The quantitative estimate of drug-likeness (QED) is 0.716. The van der Waals surface area contributed by atoms with Crippen LogP contribution in [0.1, 0.15) is 23.9 Å². The molecular weight excluding hydrogens is 377 g/mol. The van der Waals surface area contributed by atoms with Crippen LogP contribution >= 0.6 is 23.2 Å². The van der Waals surface area contributed by atoms with Gasteiger partial charge in [0.2, 0.25) is 0 Å². The molecule has 0 saturated carbocycles. The second-order valence-electron chi connectivity index (χ2n) is 5.51. The zero-order chi connectivity index (χ0) is 18.8. The molecule has 0 fully saturated rings. The van der Waals surface area contributed by atoms with Gasteiger partial charge in [-0.15, -0.1) is 0 Å². The molecule has 1 aromatic carbocycles. The van der Waals surface area contributed by atoms with Crippen LogP contribution in [0.15, 0.2) is 45.2 Å². The van der Waals surface area contributed by atoms with Crippen LogP contribution in [-0.4, -0.2) is 15.0 Å². The van der Waals surface area contributed by atoms with Gasteiger partial charge in [0, 0.05) is 0 Å². The van der Waals surface area contributed by atoms with Gasteiger partial charge in [0.15, 0.2) is 12.2 Å². The molecule has 0 saturated heterocycles. The van der Waals surface area contributed by atoms with E-state index in [4.69, 9.17) is 27.6 Å². The Balaban J connectivity index is 2.17. The lowest BCUT2D eigenvalue weighted by molar-refractivity contribution is 0.544. The van der Waals surface area contributed by atoms with E-state index >= 15 is 0 Å². The molecule has 0 aliphatic rings. The summed E-state index contributed by atoms with van der Waals surface area (Å²) in [7, 11) is 0. The Morgan fingerprint density at radius 3 is 2.46 bits per heavy atom. The molecule has 6 nitrogen and oxygen atoms in total. The first-order valence-corrected chi connectivity index (χ1v) is 8.22. The highest BCUT2D eigenvalue weighted by atomic mass is 35.5. The van der Waals surface area contributed by atoms with Crippen LogP contribution in [0.3, 0.4) is 0 Å². The molecule has 0 bridgehead atoms. The fourth-order valence-electron chi connectivity index (χ4n) is 2.30. The van der Waals surface area contributed by atoms with Gasteiger partial charge in [0.05, 0.1) is 10.0 Å². The molecule has 2 N–H and O–H groups in total. The summed E-state index contributed by atoms with van der Waals surface area (Å²) >= 11 is 12.1. The number of benzene rings is 1. The van der Waals surface area contributed by atoms with Crippen LogP contribution in [0, 0.1) is 0 Å². The van der Waals surface area contributed by atoms with Crippen LogP contribution in [0.5, 0.6) is 0 Å². The van der Waals surface area contributed by atoms with E-state index in [0.717, 1.165) is 0 Å². The Morgan fingerprint density at radius 2 is 1.81 bits per heavy atom. The Morgan fingerprint density at radius 1 is 1.15 bits per heavy atom. The second kappa shape index (κ2) is 7.19. The van der Waals surface area contributed by atoms with Crippen molar-refractivity contribution >= 4 is 40.9 Å². The monoisotopic (exact) mass is 389 g/mol. The van der Waals surface area contributed by atoms with Crippen molar-refractivity contribution < 1.29 is 4.42 Å². The Labute approximate surface area is 157 Å². The summed E-state index contributed by atoms with van der Waals surface area (Å²) in [6, 6.07) is 5.00. The first-order valence-electron chi connectivity index (χ1n) is 7.46. The minimum atomic E-state index is -0.496. The van der Waals surface area contributed by atoms with Crippen molar-refractivity contribution in [2.75, 3.05) is 0 Å². The smallest absolute Gasteiger partial charge is 0.272 e. The summed E-state index contributed by atoms with van der Waals surface area (Å²) in [6.07, 6.45) is 4.11. The van der Waals surface area contributed by atoms with Gasteiger partial charge < -0.3 is 14.4 Å². The summed E-state index contributed by atoms with van der Waals surface area (Å²) in [5.74, 6) is 0.437. The van der Waals surface area contributed by atoms with Crippen molar-refractivity contribution in [1.82, 2.24) is 15.0 Å². The lowest BCUT2D eigenvalue weighted by atomic mass is 10.2. The lowest BCUT2D eigenvalue weighted by Crippen LogP contribution is -2.46. The van der Waals surface area contributed by atoms with E-state index in [0.29, 0.717) is 32.6 Å². The van der Waals surface area contributed by atoms with E-state index in [1.165, 1.54) is 18.5 Å². The number of oxazole rings is 1. The van der Waals surface area contributed by atoms with Gasteiger partial charge in [-0.05, 0) is 36.3 Å². The number of nitrogens with one attached hydrogen (secondary N) is 2. The molecule has 2 aromatic heterocycles. The Bertz CT molecular complexity index is 1240. The molecule has 26 heavy (non-hydrogen) atoms. The number of halogens is 2. The number of aromatic nitrogens is 3. The first kappa shape index (κ1) is 18.0. The highest BCUT2D eigenvalue weighted by Gasteiger charge is 2.07. The lowest BCUT2D eigenvalue weighted by Gasteiger charge is -1.99. The third-order valence-electron chi connectivity index (χ3n) is 3.53. The molecular formula is C18H13Cl2N3O3. The van der Waals surface area contributed by atoms with E-state index in [1.807, 2.05) is 0 Å². The van der Waals surface area contributed by atoms with Crippen molar-refractivity contribution in [1.29, 1.82) is 0 Å². The molecule has 0 aliphatic carbocycles. The molecule has 0 radical (unpaired) electrons. The van der Waals surface area contributed by atoms with Crippen LogP contribution in [0.2, 0.25) is 10.0 Å². The zero-order valence-corrected chi connectivity index (χ0v) is 15.1. The van der Waals surface area contributed by atoms with Gasteiger partial charge in [-0.3, -0.25) is 9.59 Å². The highest BCUT2D eigenvalue weighted by molar-refractivity contribution is 6.42.